The lowest BCUT2D eigenvalue weighted by Crippen LogP contribution is -1.99. The summed E-state index contributed by atoms with van der Waals surface area (Å²) in [5, 5.41) is 20.1. The van der Waals surface area contributed by atoms with Crippen LogP contribution in [0.25, 0.3) is 248 Å². The summed E-state index contributed by atoms with van der Waals surface area (Å²) in [7, 11) is 0. The molecule has 640 valence electrons. The molecule has 7 aromatic heterocycles. The molecule has 0 bridgehead atoms. The highest BCUT2D eigenvalue weighted by Crippen LogP contribution is 2.49. The summed E-state index contributed by atoms with van der Waals surface area (Å²) in [5.41, 5.74) is 34.8. The zero-order chi connectivity index (χ0) is 90.1. The van der Waals surface area contributed by atoms with E-state index in [2.05, 4.69) is 548 Å². The van der Waals surface area contributed by atoms with Gasteiger partial charge in [-0.05, 0) is 207 Å². The third-order valence-electron chi connectivity index (χ3n) is 28.2. The van der Waals surface area contributed by atoms with E-state index in [9.17, 15) is 0 Å². The highest BCUT2D eigenvalue weighted by Gasteiger charge is 2.27. The van der Waals surface area contributed by atoms with Crippen molar-refractivity contribution in [2.24, 2.45) is 0 Å². The van der Waals surface area contributed by atoms with Gasteiger partial charge in [-0.2, -0.15) is 0 Å². The Balaban J connectivity index is 0.000000104. The van der Waals surface area contributed by atoms with E-state index >= 15 is 0 Å². The summed E-state index contributed by atoms with van der Waals surface area (Å²) in [5.74, 6) is 0. The van der Waals surface area contributed by atoms with Gasteiger partial charge in [0.05, 0.1) is 77.2 Å². The molecule has 0 fully saturated rings. The van der Waals surface area contributed by atoms with Gasteiger partial charge in [0.2, 0.25) is 0 Å². The molecule has 0 aliphatic heterocycles. The minimum atomic E-state index is 1.14. The van der Waals surface area contributed by atoms with E-state index in [-0.39, 0.29) is 0 Å². The number of para-hydroxylation sites is 11. The van der Waals surface area contributed by atoms with Gasteiger partial charge in [-0.15, -0.1) is 0 Å². The first-order chi connectivity index (χ1) is 68.0. The third-order valence-corrected chi connectivity index (χ3v) is 28.2. The molecule has 7 heteroatoms. The molecule has 0 saturated heterocycles. The number of nitrogens with zero attached hydrogens (tertiary/aromatic N) is 7. The average molecular weight is 1750 g/mol. The van der Waals surface area contributed by atoms with Crippen LogP contribution in [0.15, 0.2) is 516 Å². The lowest BCUT2D eigenvalue weighted by molar-refractivity contribution is 1.13. The lowest BCUT2D eigenvalue weighted by atomic mass is 9.93. The molecule has 7 heterocycles. The van der Waals surface area contributed by atoms with E-state index in [0.717, 1.165) is 39.8 Å². The Labute approximate surface area is 789 Å². The summed E-state index contributed by atoms with van der Waals surface area (Å²) in [6, 6.07) is 187. The van der Waals surface area contributed by atoms with Gasteiger partial charge in [0.1, 0.15) is 0 Å². The first kappa shape index (κ1) is 78.5. The van der Waals surface area contributed by atoms with Crippen molar-refractivity contribution in [3.63, 3.8) is 0 Å². The van der Waals surface area contributed by atoms with Gasteiger partial charge < -0.3 is 32.0 Å². The topological polar surface area (TPSA) is 34.5 Å². The Morgan fingerprint density at radius 3 is 0.591 bits per heavy atom. The average Bonchev–Trinajstić information content (AvgIpc) is 1.54. The van der Waals surface area contributed by atoms with Gasteiger partial charge in [-0.25, -0.2) is 0 Å². The van der Waals surface area contributed by atoms with Crippen molar-refractivity contribution in [3.05, 3.63) is 516 Å². The fourth-order valence-corrected chi connectivity index (χ4v) is 22.3. The molecule has 137 heavy (non-hydrogen) atoms. The number of fused-ring (bicyclic) bond motifs is 25. The van der Waals surface area contributed by atoms with Gasteiger partial charge in [-0.3, -0.25) is 0 Å². The Bertz CT molecular complexity index is 9690. The number of rotatable bonds is 11. The van der Waals surface area contributed by atoms with Crippen molar-refractivity contribution >= 4 is 163 Å². The van der Waals surface area contributed by atoms with Crippen molar-refractivity contribution < 1.29 is 0 Å². The Morgan fingerprint density at radius 1 is 0.102 bits per heavy atom. The van der Waals surface area contributed by atoms with E-state index in [1.54, 1.807) is 0 Å². The number of hydrogen-bond donors (Lipinski definition) is 0. The van der Waals surface area contributed by atoms with Gasteiger partial charge in [-0.1, -0.05) is 364 Å². The highest BCUT2D eigenvalue weighted by atomic mass is 15.1. The van der Waals surface area contributed by atoms with Crippen LogP contribution in [0.1, 0.15) is 0 Å². The van der Waals surface area contributed by atoms with Crippen molar-refractivity contribution in [2.75, 3.05) is 0 Å². The van der Waals surface area contributed by atoms with Crippen LogP contribution >= 0.6 is 0 Å². The van der Waals surface area contributed by atoms with Crippen LogP contribution in [0.2, 0.25) is 0 Å². The van der Waals surface area contributed by atoms with Crippen LogP contribution in [0.5, 0.6) is 0 Å². The first-order valence-electron chi connectivity index (χ1n) is 47.1. The molecule has 0 N–H and O–H groups in total. The second-order valence-corrected chi connectivity index (χ2v) is 35.7. The number of benzene rings is 22. The molecular formula is C130H85N7. The minimum Gasteiger partial charge on any atom is -0.309 e. The summed E-state index contributed by atoms with van der Waals surface area (Å²) in [4.78, 5) is 0. The SMILES string of the molecule is c1ccc(-c2cc(-c3ccccc3)cc(-c3ccc(-n4c5ccccc5c5ccc6c7ccccc7n(-c7ccccc7)c6c54)cc3)c2)cc1.c1ccc(-c2cc(-n3c4ccccc4c4ccc5c6ccccc6n(-c6ccccc6)c5c43)cc3ccccc23)cc1.c1ccc(-n2c3ccccc3c3ccc4c5ccccc5n(-c5ccc(-n6c7ccccc7c7ccccc76)cc5)c4c32)cc1. The number of aromatic nitrogens is 7. The predicted molar refractivity (Wildman–Crippen MR) is 579 cm³/mol. The van der Waals surface area contributed by atoms with Crippen LogP contribution in [-0.4, -0.2) is 32.0 Å². The van der Waals surface area contributed by atoms with E-state index in [4.69, 9.17) is 0 Å². The molecule has 0 radical (unpaired) electrons. The molecule has 7 nitrogen and oxygen atoms in total. The minimum absolute atomic E-state index is 1.14. The van der Waals surface area contributed by atoms with Crippen molar-refractivity contribution in [1.82, 2.24) is 32.0 Å². The summed E-state index contributed by atoms with van der Waals surface area (Å²) in [6.07, 6.45) is 0. The monoisotopic (exact) mass is 1740 g/mol. The standard InChI is InChI=1S/C48H32N2.C42H27N3.C40H26N2/c1-4-14-33(15-5-1)36-30-37(34-16-6-2-7-17-34)32-38(31-36)35-24-26-40(27-25-35)50-46-23-13-11-21-42(46)44-29-28-43-41-20-10-12-22-45(41)49(47(43)48(44)50)39-18-8-3-9-19-39;1-2-12-28(13-3-1)44-39-20-10-6-16-33(39)35-26-27-36-34-17-7-11-21-40(34)45(42(36)41(35)44)30-24-22-29(23-25-30)43-37-18-8-4-14-31(37)32-15-5-9-19-38(32)43;1-3-13-27(14-4-1)36-26-30(25-28-15-7-8-18-31(28)36)42-38-22-12-10-20-33(38)35-24-23-34-32-19-9-11-21-37(32)41(39(34)40(35)42)29-16-5-2-6-17-29/h1-32H;1-27H;1-26H. The molecule has 0 unspecified atom stereocenters. The Morgan fingerprint density at radius 2 is 0.299 bits per heavy atom. The first-order valence-corrected chi connectivity index (χ1v) is 47.1. The molecule has 0 aliphatic rings. The fourth-order valence-electron chi connectivity index (χ4n) is 22.3. The molecule has 0 atom stereocenters. The molecule has 0 aliphatic carbocycles. The van der Waals surface area contributed by atoms with Gasteiger partial charge in [0, 0.05) is 115 Å². The molecule has 0 spiro atoms. The normalized spacial score (nSPS) is 11.8. The van der Waals surface area contributed by atoms with E-state index in [1.807, 2.05) is 0 Å². The second kappa shape index (κ2) is 32.3. The van der Waals surface area contributed by atoms with E-state index in [1.165, 1.54) is 208 Å². The summed E-state index contributed by atoms with van der Waals surface area (Å²) in [6.45, 7) is 0. The largest absolute Gasteiger partial charge is 0.309 e. The summed E-state index contributed by atoms with van der Waals surface area (Å²) < 4.78 is 17.1. The molecule has 29 rings (SSSR count). The van der Waals surface area contributed by atoms with Crippen molar-refractivity contribution in [1.29, 1.82) is 0 Å². The van der Waals surface area contributed by atoms with Crippen LogP contribution in [0.4, 0.5) is 0 Å². The fraction of sp³-hybridized carbons (Fsp3) is 0. The molecule has 29 aromatic rings. The van der Waals surface area contributed by atoms with E-state index in [0.29, 0.717) is 0 Å². The Hall–Kier alpha value is -18.3. The van der Waals surface area contributed by atoms with Gasteiger partial charge in [0.25, 0.3) is 0 Å². The summed E-state index contributed by atoms with van der Waals surface area (Å²) >= 11 is 0. The van der Waals surface area contributed by atoms with Crippen LogP contribution in [0.3, 0.4) is 0 Å². The maximum absolute atomic E-state index is 2.49. The second-order valence-electron chi connectivity index (χ2n) is 35.7. The zero-order valence-electron chi connectivity index (χ0n) is 74.7. The quantitative estimate of drug-likeness (QED) is 0.124. The zero-order valence-corrected chi connectivity index (χ0v) is 74.7. The lowest BCUT2D eigenvalue weighted by Gasteiger charge is -2.15. The predicted octanol–water partition coefficient (Wildman–Crippen LogP) is 34.6. The highest BCUT2D eigenvalue weighted by molar-refractivity contribution is 6.27. The van der Waals surface area contributed by atoms with Crippen LogP contribution < -0.4 is 0 Å². The maximum Gasteiger partial charge on any atom is 0.0788 e. The smallest absolute Gasteiger partial charge is 0.0788 e. The van der Waals surface area contributed by atoms with Crippen LogP contribution in [0, 0.1) is 0 Å². The van der Waals surface area contributed by atoms with E-state index < -0.39 is 0 Å². The molecule has 0 saturated carbocycles. The van der Waals surface area contributed by atoms with Gasteiger partial charge in [0.15, 0.2) is 0 Å². The third kappa shape index (κ3) is 12.7. The molecular weight excluding hydrogens is 1660 g/mol. The molecule has 0 amide bonds. The van der Waals surface area contributed by atoms with Gasteiger partial charge >= 0.3 is 0 Å². The van der Waals surface area contributed by atoms with Crippen molar-refractivity contribution in [2.45, 2.75) is 0 Å². The maximum atomic E-state index is 2.49. The van der Waals surface area contributed by atoms with Crippen LogP contribution in [-0.2, 0) is 0 Å². The van der Waals surface area contributed by atoms with Crippen molar-refractivity contribution in [3.8, 4) is 84.3 Å². The number of hydrogen-bond acceptors (Lipinski definition) is 0. The Kier molecular flexibility index (Phi) is 18.5. The molecule has 22 aromatic carbocycles.